The maximum Gasteiger partial charge on any atom is 0.245 e. The number of carbonyl (C=O) groups excluding carboxylic acids is 3. The van der Waals surface area contributed by atoms with Gasteiger partial charge in [-0.25, -0.2) is 0 Å². The number of carbonyl (C=O) groups is 3. The minimum absolute atomic E-state index is 0.196. The molecule has 4 aromatic rings. The third-order valence-electron chi connectivity index (χ3n) is 9.04. The molecule has 0 unspecified atom stereocenters. The van der Waals surface area contributed by atoms with Gasteiger partial charge in [0.2, 0.25) is 17.7 Å². The van der Waals surface area contributed by atoms with E-state index in [1.807, 2.05) is 60.8 Å². The third kappa shape index (κ3) is 9.60. The second-order valence-corrected chi connectivity index (χ2v) is 14.5. The van der Waals surface area contributed by atoms with Gasteiger partial charge in [0.05, 0.1) is 6.04 Å². The lowest BCUT2D eigenvalue weighted by Crippen LogP contribution is -2.57. The van der Waals surface area contributed by atoms with Crippen molar-refractivity contribution in [2.24, 2.45) is 11.5 Å². The normalized spacial score (nSPS) is 19.4. The van der Waals surface area contributed by atoms with Crippen LogP contribution in [0, 0.1) is 0 Å². The maximum absolute atomic E-state index is 14.4. The molecule has 10 nitrogen and oxygen atoms in total. The second kappa shape index (κ2) is 18.1. The van der Waals surface area contributed by atoms with E-state index >= 15 is 0 Å². The van der Waals surface area contributed by atoms with E-state index in [0.29, 0.717) is 61.8 Å². The molecule has 266 valence electrons. The van der Waals surface area contributed by atoms with Crippen molar-refractivity contribution >= 4 is 63.6 Å². The molecular weight excluding hydrogens is 693 g/mol. The first kappa shape index (κ1) is 37.7. The first-order chi connectivity index (χ1) is 24.2. The molecule has 3 atom stereocenters. The first-order valence-electron chi connectivity index (χ1n) is 17.0. The van der Waals surface area contributed by atoms with E-state index in [4.69, 9.17) is 34.7 Å². The van der Waals surface area contributed by atoms with E-state index in [2.05, 4.69) is 20.9 Å². The Bertz CT molecular complexity index is 1800. The summed E-state index contributed by atoms with van der Waals surface area (Å²) in [5, 5.41) is 11.6. The van der Waals surface area contributed by atoms with E-state index in [1.54, 1.807) is 24.9 Å². The fourth-order valence-electron chi connectivity index (χ4n) is 6.20. The highest BCUT2D eigenvalue weighted by Gasteiger charge is 2.34. The SMILES string of the molecule is CN1C(=O)[C@H](CCCCN)NC(=O)[C@H](CCCN)NCc2ccccc2Sc2ccc(Cl)cc2CNC(=O)[C@@H]1Cc1c[nH]c2cc(Cl)ccc12. The molecule has 0 bridgehead atoms. The van der Waals surface area contributed by atoms with Crippen LogP contribution in [0.25, 0.3) is 10.9 Å². The summed E-state index contributed by atoms with van der Waals surface area (Å²) in [5.41, 5.74) is 15.2. The third-order valence-corrected chi connectivity index (χ3v) is 10.7. The highest BCUT2D eigenvalue weighted by molar-refractivity contribution is 7.99. The number of H-pyrrole nitrogens is 1. The summed E-state index contributed by atoms with van der Waals surface area (Å²) < 4.78 is 0. The molecule has 0 fully saturated rings. The lowest BCUT2D eigenvalue weighted by atomic mass is 10.0. The van der Waals surface area contributed by atoms with Gasteiger partial charge in [-0.15, -0.1) is 0 Å². The van der Waals surface area contributed by atoms with Crippen LogP contribution < -0.4 is 27.4 Å². The van der Waals surface area contributed by atoms with Crippen LogP contribution in [-0.4, -0.2) is 65.9 Å². The number of halogens is 2. The molecule has 8 N–H and O–H groups in total. The molecule has 0 saturated heterocycles. The van der Waals surface area contributed by atoms with Gasteiger partial charge in [0, 0.05) is 63.5 Å². The summed E-state index contributed by atoms with van der Waals surface area (Å²) in [4.78, 5) is 49.1. The first-order valence-corrected chi connectivity index (χ1v) is 18.5. The topological polar surface area (TPSA) is 158 Å². The summed E-state index contributed by atoms with van der Waals surface area (Å²) in [7, 11) is 1.62. The van der Waals surface area contributed by atoms with Gasteiger partial charge in [0.25, 0.3) is 0 Å². The van der Waals surface area contributed by atoms with E-state index in [9.17, 15) is 14.4 Å². The van der Waals surface area contributed by atoms with Gasteiger partial charge in [-0.1, -0.05) is 59.2 Å². The Morgan fingerprint density at radius 1 is 0.820 bits per heavy atom. The van der Waals surface area contributed by atoms with E-state index < -0.39 is 18.1 Å². The highest BCUT2D eigenvalue weighted by Crippen LogP contribution is 2.34. The Morgan fingerprint density at radius 2 is 1.54 bits per heavy atom. The quantitative estimate of drug-likeness (QED) is 0.130. The van der Waals surface area contributed by atoms with Crippen LogP contribution in [0.5, 0.6) is 0 Å². The van der Waals surface area contributed by atoms with Gasteiger partial charge in [-0.2, -0.15) is 0 Å². The van der Waals surface area contributed by atoms with Crippen molar-refractivity contribution in [2.45, 2.75) is 79.5 Å². The van der Waals surface area contributed by atoms with Crippen molar-refractivity contribution in [2.75, 3.05) is 20.1 Å². The molecule has 13 heteroatoms. The van der Waals surface area contributed by atoms with Crippen LogP contribution in [-0.2, 0) is 33.9 Å². The zero-order chi connectivity index (χ0) is 35.6. The Morgan fingerprint density at radius 3 is 2.34 bits per heavy atom. The van der Waals surface area contributed by atoms with E-state index in [1.165, 1.54) is 4.90 Å². The summed E-state index contributed by atoms with van der Waals surface area (Å²) >= 11 is 14.3. The summed E-state index contributed by atoms with van der Waals surface area (Å²) in [6, 6.07) is 16.8. The molecule has 3 aromatic carbocycles. The number of hydrogen-bond donors (Lipinski definition) is 6. The predicted octanol–water partition coefficient (Wildman–Crippen LogP) is 5.14. The lowest BCUT2D eigenvalue weighted by molar-refractivity contribution is -0.142. The summed E-state index contributed by atoms with van der Waals surface area (Å²) in [6.45, 7) is 1.51. The van der Waals surface area contributed by atoms with E-state index in [0.717, 1.165) is 37.4 Å². The number of likely N-dealkylation sites (N-methyl/N-ethyl adjacent to an activating group) is 1. The number of hydrogen-bond acceptors (Lipinski definition) is 7. The van der Waals surface area contributed by atoms with Gasteiger partial charge < -0.3 is 37.3 Å². The van der Waals surface area contributed by atoms with Crippen molar-refractivity contribution in [1.82, 2.24) is 25.8 Å². The lowest BCUT2D eigenvalue weighted by Gasteiger charge is -2.32. The van der Waals surface area contributed by atoms with Crippen molar-refractivity contribution in [1.29, 1.82) is 0 Å². The fourth-order valence-corrected chi connectivity index (χ4v) is 7.62. The number of unbranched alkanes of at least 4 members (excludes halogenated alkanes) is 1. The largest absolute Gasteiger partial charge is 0.361 e. The Hall–Kier alpha value is -3.58. The molecule has 5 rings (SSSR count). The maximum atomic E-state index is 14.4. The molecule has 1 aromatic heterocycles. The average molecular weight is 739 g/mol. The van der Waals surface area contributed by atoms with Crippen LogP contribution in [0.3, 0.4) is 0 Å². The van der Waals surface area contributed by atoms with Gasteiger partial charge >= 0.3 is 0 Å². The number of nitrogens with one attached hydrogen (secondary N) is 4. The van der Waals surface area contributed by atoms with Gasteiger partial charge in [-0.3, -0.25) is 14.4 Å². The number of rotatable bonds is 9. The van der Waals surface area contributed by atoms with Crippen LogP contribution in [0.2, 0.25) is 10.0 Å². The molecule has 1 aliphatic heterocycles. The number of benzene rings is 3. The van der Waals surface area contributed by atoms with Crippen LogP contribution in [0.15, 0.2) is 76.7 Å². The van der Waals surface area contributed by atoms with Crippen molar-refractivity contribution in [3.63, 3.8) is 0 Å². The van der Waals surface area contributed by atoms with Crippen LogP contribution >= 0.6 is 35.0 Å². The minimum Gasteiger partial charge on any atom is -0.361 e. The number of fused-ring (bicyclic) bond motifs is 3. The number of aromatic amines is 1. The molecule has 0 saturated carbocycles. The van der Waals surface area contributed by atoms with Gasteiger partial charge in [0.1, 0.15) is 12.1 Å². The highest BCUT2D eigenvalue weighted by atomic mass is 35.5. The predicted molar refractivity (Wildman–Crippen MR) is 201 cm³/mol. The number of nitrogens with zero attached hydrogens (tertiary/aromatic N) is 1. The fraction of sp³-hybridized carbons (Fsp3) is 0.378. The average Bonchev–Trinajstić information content (AvgIpc) is 3.51. The van der Waals surface area contributed by atoms with Gasteiger partial charge in [-0.05, 0) is 98.3 Å². The van der Waals surface area contributed by atoms with Crippen LogP contribution in [0.1, 0.15) is 48.8 Å². The smallest absolute Gasteiger partial charge is 0.245 e. The molecule has 1 aliphatic rings. The number of amides is 3. The molecule has 50 heavy (non-hydrogen) atoms. The molecule has 0 aliphatic carbocycles. The number of aromatic nitrogens is 1. The summed E-state index contributed by atoms with van der Waals surface area (Å²) in [6.07, 6.45) is 4.88. The molecule has 3 amide bonds. The molecular formula is C37H45Cl2N7O3S. The van der Waals surface area contributed by atoms with Crippen molar-refractivity contribution < 1.29 is 14.4 Å². The zero-order valence-electron chi connectivity index (χ0n) is 28.1. The zero-order valence-corrected chi connectivity index (χ0v) is 30.5. The second-order valence-electron chi connectivity index (χ2n) is 12.6. The van der Waals surface area contributed by atoms with Crippen molar-refractivity contribution in [3.05, 3.63) is 93.6 Å². The Kier molecular flexibility index (Phi) is 13.6. The van der Waals surface area contributed by atoms with Crippen molar-refractivity contribution in [3.8, 4) is 0 Å². The number of nitrogens with two attached hydrogens (primary N) is 2. The van der Waals surface area contributed by atoms with Crippen LogP contribution in [0.4, 0.5) is 0 Å². The summed E-state index contributed by atoms with van der Waals surface area (Å²) in [5.74, 6) is -0.981. The molecule has 0 spiro atoms. The molecule has 0 radical (unpaired) electrons. The monoisotopic (exact) mass is 737 g/mol. The van der Waals surface area contributed by atoms with E-state index in [-0.39, 0.29) is 30.7 Å². The minimum atomic E-state index is -0.899. The standard InChI is InChI=1S/C37H45Cl2N7O3S/c1-46-32(18-24-21-43-31-19-27(39)11-13-28(24)31)36(48)44-22-25-17-26(38)12-14-34(25)50-33-10-3-2-7-23(33)20-42-29(9-6-16-41)35(47)45-30(37(46)49)8-4-5-15-40/h2-3,7,10-14,17,19,21,29-30,32,42-43H,4-6,8-9,15-16,18,20,22,40-41H2,1H3,(H,44,48)(H,45,47)/t29-,30-,32-/m0/s1. The Balaban J connectivity index is 1.55. The van der Waals surface area contributed by atoms with Gasteiger partial charge in [0.15, 0.2) is 0 Å². The Labute approximate surface area is 307 Å². The molecule has 2 heterocycles.